The van der Waals surface area contributed by atoms with Crippen LogP contribution in [-0.4, -0.2) is 67.1 Å². The number of hydrogen-bond acceptors (Lipinski definition) is 3. The van der Waals surface area contributed by atoms with E-state index in [1.165, 1.54) is 26.2 Å². The number of piperazine rings is 1. The van der Waals surface area contributed by atoms with Gasteiger partial charge in [-0.2, -0.15) is 0 Å². The van der Waals surface area contributed by atoms with Crippen LogP contribution in [0.1, 0.15) is 19.3 Å². The lowest BCUT2D eigenvalue weighted by Gasteiger charge is -2.43. The molecule has 0 saturated carbocycles. The summed E-state index contributed by atoms with van der Waals surface area (Å²) in [6.07, 6.45) is 8.71. The Morgan fingerprint density at radius 2 is 1.75 bits per heavy atom. The van der Waals surface area contributed by atoms with E-state index in [-0.39, 0.29) is 5.83 Å². The minimum atomic E-state index is -0.0608. The van der Waals surface area contributed by atoms with Crippen LogP contribution in [0.25, 0.3) is 0 Å². The first kappa shape index (κ1) is 14.1. The van der Waals surface area contributed by atoms with E-state index in [2.05, 4.69) is 21.7 Å². The van der Waals surface area contributed by atoms with Crippen LogP contribution in [-0.2, 0) is 0 Å². The molecule has 0 amide bonds. The fraction of sp³-hybridized carbons (Fsp3) is 0.688. The van der Waals surface area contributed by atoms with Gasteiger partial charge in [0, 0.05) is 45.3 Å². The molecular formula is C16H25FN3. The molecule has 0 atom stereocenters. The normalized spacial score (nSPS) is 27.4. The molecule has 20 heavy (non-hydrogen) atoms. The number of likely N-dealkylation sites (N-methyl/N-ethyl adjacent to an activating group) is 1. The maximum Gasteiger partial charge on any atom is 0.142 e. The zero-order valence-electron chi connectivity index (χ0n) is 12.4. The van der Waals surface area contributed by atoms with Crippen molar-refractivity contribution in [1.82, 2.24) is 14.7 Å². The minimum Gasteiger partial charge on any atom is -0.369 e. The highest BCUT2D eigenvalue weighted by Gasteiger charge is 2.28. The monoisotopic (exact) mass is 278 g/mol. The average molecular weight is 278 g/mol. The van der Waals surface area contributed by atoms with Crippen molar-refractivity contribution >= 4 is 0 Å². The Balaban J connectivity index is 1.52. The van der Waals surface area contributed by atoms with Gasteiger partial charge in [0.15, 0.2) is 0 Å². The van der Waals surface area contributed by atoms with Crippen molar-refractivity contribution in [3.63, 3.8) is 0 Å². The van der Waals surface area contributed by atoms with Crippen molar-refractivity contribution < 1.29 is 4.39 Å². The molecule has 3 aliphatic rings. The Hall–Kier alpha value is -0.870. The number of nitrogens with zero attached hydrogens (tertiary/aromatic N) is 3. The first-order chi connectivity index (χ1) is 9.74. The van der Waals surface area contributed by atoms with Gasteiger partial charge in [-0.05, 0) is 38.8 Å². The van der Waals surface area contributed by atoms with Gasteiger partial charge in [-0.1, -0.05) is 6.08 Å². The molecule has 3 rings (SSSR count). The molecule has 2 saturated heterocycles. The zero-order chi connectivity index (χ0) is 13.9. The molecule has 0 aromatic rings. The highest BCUT2D eigenvalue weighted by atomic mass is 19.1. The molecule has 111 valence electrons. The van der Waals surface area contributed by atoms with Crippen molar-refractivity contribution in [3.05, 3.63) is 30.1 Å². The number of rotatable bonds is 2. The summed E-state index contributed by atoms with van der Waals surface area (Å²) in [5, 5.41) is 0. The third-order valence-corrected chi connectivity index (χ3v) is 4.82. The van der Waals surface area contributed by atoms with E-state index in [1.54, 1.807) is 6.08 Å². The van der Waals surface area contributed by atoms with Crippen LogP contribution < -0.4 is 0 Å². The van der Waals surface area contributed by atoms with Crippen molar-refractivity contribution in [1.29, 1.82) is 0 Å². The van der Waals surface area contributed by atoms with Gasteiger partial charge in [-0.3, -0.25) is 4.90 Å². The summed E-state index contributed by atoms with van der Waals surface area (Å²) in [6, 6.07) is 0.697. The molecule has 2 aliphatic heterocycles. The summed E-state index contributed by atoms with van der Waals surface area (Å²) in [4.78, 5) is 7.26. The third kappa shape index (κ3) is 3.07. The quantitative estimate of drug-likeness (QED) is 0.765. The molecule has 0 aromatic heterocycles. The Morgan fingerprint density at radius 3 is 2.40 bits per heavy atom. The topological polar surface area (TPSA) is 9.72 Å². The van der Waals surface area contributed by atoms with Crippen LogP contribution in [0.5, 0.6) is 0 Å². The van der Waals surface area contributed by atoms with E-state index < -0.39 is 0 Å². The van der Waals surface area contributed by atoms with Crippen molar-refractivity contribution in [3.8, 4) is 0 Å². The van der Waals surface area contributed by atoms with E-state index in [9.17, 15) is 4.39 Å². The molecule has 1 radical (unpaired) electrons. The van der Waals surface area contributed by atoms with Crippen LogP contribution in [0.3, 0.4) is 0 Å². The Morgan fingerprint density at radius 1 is 1.05 bits per heavy atom. The molecule has 0 spiro atoms. The molecule has 0 unspecified atom stereocenters. The first-order valence-corrected chi connectivity index (χ1v) is 7.81. The van der Waals surface area contributed by atoms with Crippen LogP contribution in [0.2, 0.25) is 0 Å². The molecule has 0 bridgehead atoms. The van der Waals surface area contributed by atoms with E-state index in [4.69, 9.17) is 0 Å². The summed E-state index contributed by atoms with van der Waals surface area (Å²) in [5.74, 6) is -0.0608. The van der Waals surface area contributed by atoms with Gasteiger partial charge in [0.1, 0.15) is 5.83 Å². The van der Waals surface area contributed by atoms with E-state index >= 15 is 0 Å². The predicted molar refractivity (Wildman–Crippen MR) is 79.9 cm³/mol. The Kier molecular flexibility index (Phi) is 4.41. The second kappa shape index (κ2) is 6.27. The van der Waals surface area contributed by atoms with Crippen LogP contribution in [0.15, 0.2) is 23.7 Å². The fourth-order valence-electron chi connectivity index (χ4n) is 3.47. The maximum absolute atomic E-state index is 13.8. The molecule has 3 nitrogen and oxygen atoms in total. The highest BCUT2D eigenvalue weighted by molar-refractivity contribution is 5.31. The predicted octanol–water partition coefficient (Wildman–Crippen LogP) is 2.04. The summed E-state index contributed by atoms with van der Waals surface area (Å²) >= 11 is 0. The molecule has 1 aliphatic carbocycles. The number of piperidine rings is 1. The Labute approximate surface area is 121 Å². The number of likely N-dealkylation sites (tertiary alicyclic amines) is 1. The van der Waals surface area contributed by atoms with Crippen molar-refractivity contribution in [2.45, 2.75) is 25.3 Å². The van der Waals surface area contributed by atoms with E-state index in [1.807, 2.05) is 12.5 Å². The number of halogens is 1. The maximum atomic E-state index is 13.8. The van der Waals surface area contributed by atoms with E-state index in [0.29, 0.717) is 6.04 Å². The summed E-state index contributed by atoms with van der Waals surface area (Å²) in [7, 11) is 2.20. The second-order valence-corrected chi connectivity index (χ2v) is 6.13. The van der Waals surface area contributed by atoms with Gasteiger partial charge in [0.25, 0.3) is 0 Å². The highest BCUT2D eigenvalue weighted by Crippen LogP contribution is 2.27. The molecule has 4 heteroatoms. The van der Waals surface area contributed by atoms with Gasteiger partial charge < -0.3 is 9.80 Å². The molecule has 0 aromatic carbocycles. The Bertz CT molecular complexity index is 389. The molecule has 2 fully saturated rings. The molecule has 0 N–H and O–H groups in total. The first-order valence-electron chi connectivity index (χ1n) is 7.81. The van der Waals surface area contributed by atoms with Crippen LogP contribution in [0.4, 0.5) is 4.39 Å². The zero-order valence-corrected chi connectivity index (χ0v) is 12.4. The van der Waals surface area contributed by atoms with Gasteiger partial charge in [0.2, 0.25) is 0 Å². The van der Waals surface area contributed by atoms with Gasteiger partial charge in [-0.25, -0.2) is 4.39 Å². The molecular weight excluding hydrogens is 253 g/mol. The second-order valence-electron chi connectivity index (χ2n) is 6.13. The lowest BCUT2D eigenvalue weighted by molar-refractivity contribution is 0.0755. The summed E-state index contributed by atoms with van der Waals surface area (Å²) in [6.45, 7) is 6.71. The van der Waals surface area contributed by atoms with Gasteiger partial charge in [0.05, 0.1) is 5.70 Å². The lowest BCUT2D eigenvalue weighted by Crippen LogP contribution is -2.52. The van der Waals surface area contributed by atoms with E-state index in [0.717, 1.165) is 38.0 Å². The summed E-state index contributed by atoms with van der Waals surface area (Å²) in [5.41, 5.74) is 0.823. The van der Waals surface area contributed by atoms with Crippen LogP contribution >= 0.6 is 0 Å². The largest absolute Gasteiger partial charge is 0.369 e. The van der Waals surface area contributed by atoms with Crippen LogP contribution in [0, 0.1) is 6.42 Å². The number of allylic oxidation sites excluding steroid dienone is 3. The van der Waals surface area contributed by atoms with Crippen molar-refractivity contribution in [2.75, 3.05) is 46.3 Å². The minimum absolute atomic E-state index is 0.0608. The summed E-state index contributed by atoms with van der Waals surface area (Å²) < 4.78 is 13.8. The smallest absolute Gasteiger partial charge is 0.142 e. The molecule has 2 heterocycles. The van der Waals surface area contributed by atoms with Gasteiger partial charge >= 0.3 is 0 Å². The average Bonchev–Trinajstić information content (AvgIpc) is 2.49. The lowest BCUT2D eigenvalue weighted by atomic mass is 10.00. The SMILES string of the molecule is CN1CCN(C2CCN(C3=CC[CH]C=C3F)CC2)CC1. The standard InChI is InChI=1S/C16H25FN3/c1-18-10-12-19(13-11-18)14-6-8-20(9-7-14)16-5-3-2-4-15(16)17/h2,4-5,14H,3,6-13H2,1H3. The van der Waals surface area contributed by atoms with Crippen molar-refractivity contribution in [2.24, 2.45) is 0 Å². The number of hydrogen-bond donors (Lipinski definition) is 0. The third-order valence-electron chi connectivity index (χ3n) is 4.82. The van der Waals surface area contributed by atoms with Gasteiger partial charge in [-0.15, -0.1) is 0 Å². The fourth-order valence-corrected chi connectivity index (χ4v) is 3.47.